The Hall–Kier alpha value is -3.13. The third-order valence-corrected chi connectivity index (χ3v) is 5.15. The number of nitrogens with zero attached hydrogens (tertiary/aromatic N) is 1. The Morgan fingerprint density at radius 3 is 2.16 bits per heavy atom. The predicted octanol–water partition coefficient (Wildman–Crippen LogP) is 4.53. The molecule has 0 atom stereocenters. The van der Waals surface area contributed by atoms with Crippen molar-refractivity contribution in [2.75, 3.05) is 18.1 Å². The number of hydrogen-bond acceptors (Lipinski definition) is 5. The van der Waals surface area contributed by atoms with Gasteiger partial charge in [0.2, 0.25) is 0 Å². The van der Waals surface area contributed by atoms with Crippen LogP contribution >= 0.6 is 15.9 Å². The first-order valence-corrected chi connectivity index (χ1v) is 10.6. The number of barbiturate groups is 1. The van der Waals surface area contributed by atoms with E-state index >= 15 is 0 Å². The molecule has 1 saturated heterocycles. The van der Waals surface area contributed by atoms with Crippen molar-refractivity contribution in [3.05, 3.63) is 57.1 Å². The molecule has 0 aliphatic carbocycles. The van der Waals surface area contributed by atoms with E-state index in [2.05, 4.69) is 21.2 Å². The highest BCUT2D eigenvalue weighted by molar-refractivity contribution is 9.10. The number of hydrogen-bond donors (Lipinski definition) is 1. The van der Waals surface area contributed by atoms with Crippen LogP contribution < -0.4 is 19.7 Å². The fraction of sp³-hybridized carbons (Fsp3) is 0.261. The molecule has 4 amide bonds. The fourth-order valence-electron chi connectivity index (χ4n) is 3.34. The Kier molecular flexibility index (Phi) is 6.80. The van der Waals surface area contributed by atoms with Crippen molar-refractivity contribution in [1.29, 1.82) is 0 Å². The minimum atomic E-state index is -0.782. The van der Waals surface area contributed by atoms with Crippen molar-refractivity contribution < 1.29 is 23.9 Å². The van der Waals surface area contributed by atoms with Crippen molar-refractivity contribution in [2.45, 2.75) is 27.7 Å². The van der Waals surface area contributed by atoms with Crippen LogP contribution in [0.1, 0.15) is 30.5 Å². The van der Waals surface area contributed by atoms with E-state index in [-0.39, 0.29) is 5.57 Å². The Labute approximate surface area is 189 Å². The Morgan fingerprint density at radius 1 is 0.935 bits per heavy atom. The van der Waals surface area contributed by atoms with Crippen molar-refractivity contribution in [1.82, 2.24) is 5.32 Å². The highest BCUT2D eigenvalue weighted by Crippen LogP contribution is 2.35. The molecule has 0 bridgehead atoms. The number of imide groups is 2. The fourth-order valence-corrected chi connectivity index (χ4v) is 3.81. The lowest BCUT2D eigenvalue weighted by Gasteiger charge is -2.27. The summed E-state index contributed by atoms with van der Waals surface area (Å²) in [6.07, 6.45) is 1.42. The Morgan fingerprint density at radius 2 is 1.55 bits per heavy atom. The van der Waals surface area contributed by atoms with E-state index in [1.54, 1.807) is 24.3 Å². The molecule has 1 aliphatic rings. The molecule has 1 aliphatic heterocycles. The van der Waals surface area contributed by atoms with Crippen LogP contribution in [0.5, 0.6) is 11.5 Å². The molecule has 162 valence electrons. The van der Waals surface area contributed by atoms with E-state index in [1.807, 2.05) is 33.8 Å². The normalized spacial score (nSPS) is 15.3. The molecule has 3 rings (SSSR count). The number of rotatable bonds is 6. The molecule has 0 radical (unpaired) electrons. The molecule has 8 heteroatoms. The highest BCUT2D eigenvalue weighted by atomic mass is 79.9. The van der Waals surface area contributed by atoms with Gasteiger partial charge in [-0.25, -0.2) is 9.69 Å². The summed E-state index contributed by atoms with van der Waals surface area (Å²) in [4.78, 5) is 39.2. The van der Waals surface area contributed by atoms with Gasteiger partial charge in [0.15, 0.2) is 0 Å². The zero-order chi connectivity index (χ0) is 22.7. The smallest absolute Gasteiger partial charge is 0.335 e. The van der Waals surface area contributed by atoms with Crippen LogP contribution in [-0.4, -0.2) is 31.1 Å². The first kappa shape index (κ1) is 22.6. The average molecular weight is 487 g/mol. The zero-order valence-electron chi connectivity index (χ0n) is 17.7. The van der Waals surface area contributed by atoms with Crippen molar-refractivity contribution in [2.24, 2.45) is 0 Å². The summed E-state index contributed by atoms with van der Waals surface area (Å²) in [6.45, 7) is 8.30. The monoisotopic (exact) mass is 486 g/mol. The van der Waals surface area contributed by atoms with Gasteiger partial charge in [-0.05, 0) is 79.0 Å². The second-order valence-electron chi connectivity index (χ2n) is 6.99. The molecule has 31 heavy (non-hydrogen) atoms. The van der Waals surface area contributed by atoms with Crippen LogP contribution in [0.2, 0.25) is 0 Å². The van der Waals surface area contributed by atoms with E-state index in [0.717, 1.165) is 16.0 Å². The lowest BCUT2D eigenvalue weighted by Crippen LogP contribution is -2.54. The molecule has 2 aromatic carbocycles. The number of carbonyl (C=O) groups excluding carboxylic acids is 3. The topological polar surface area (TPSA) is 84.9 Å². The van der Waals surface area contributed by atoms with Crippen LogP contribution in [-0.2, 0) is 9.59 Å². The largest absolute Gasteiger partial charge is 0.493 e. The number of anilines is 1. The van der Waals surface area contributed by atoms with Gasteiger partial charge in [-0.3, -0.25) is 14.9 Å². The first-order chi connectivity index (χ1) is 14.7. The maximum atomic E-state index is 13.2. The molecule has 0 unspecified atom stereocenters. The number of benzene rings is 2. The zero-order valence-corrected chi connectivity index (χ0v) is 19.3. The number of amides is 4. The van der Waals surface area contributed by atoms with Crippen LogP contribution in [0.4, 0.5) is 10.5 Å². The van der Waals surface area contributed by atoms with Crippen LogP contribution in [0.25, 0.3) is 6.08 Å². The summed E-state index contributed by atoms with van der Waals surface area (Å²) in [5.41, 5.74) is 2.52. The lowest BCUT2D eigenvalue weighted by atomic mass is 10.0. The standard InChI is InChI=1S/C23H23BrN2O5/c1-5-30-19-12-20(31-6-2)18(24)11-15(19)10-17-21(27)25-23(29)26(22(17)28)16-8-13(3)7-14(4)9-16/h7-12H,5-6H2,1-4H3,(H,25,27,29)/b17-10+. The van der Waals surface area contributed by atoms with E-state index in [9.17, 15) is 14.4 Å². The molecule has 0 spiro atoms. The van der Waals surface area contributed by atoms with E-state index in [4.69, 9.17) is 9.47 Å². The van der Waals surface area contributed by atoms with Gasteiger partial charge in [0.1, 0.15) is 17.1 Å². The molecule has 1 N–H and O–H groups in total. The maximum absolute atomic E-state index is 13.2. The van der Waals surface area contributed by atoms with Gasteiger partial charge in [-0.1, -0.05) is 6.07 Å². The number of carbonyl (C=O) groups is 3. The molecule has 1 fully saturated rings. The predicted molar refractivity (Wildman–Crippen MR) is 121 cm³/mol. The molecule has 1 heterocycles. The number of nitrogens with one attached hydrogen (secondary N) is 1. The Bertz CT molecular complexity index is 1070. The average Bonchev–Trinajstić information content (AvgIpc) is 2.67. The number of aryl methyl sites for hydroxylation is 2. The molecule has 2 aromatic rings. The lowest BCUT2D eigenvalue weighted by molar-refractivity contribution is -0.122. The van der Waals surface area contributed by atoms with E-state index < -0.39 is 17.8 Å². The quantitative estimate of drug-likeness (QED) is 0.478. The van der Waals surface area contributed by atoms with Crippen molar-refractivity contribution >= 4 is 45.5 Å². The maximum Gasteiger partial charge on any atom is 0.335 e. The summed E-state index contributed by atoms with van der Waals surface area (Å²) >= 11 is 3.44. The molecule has 0 saturated carbocycles. The molecule has 7 nitrogen and oxygen atoms in total. The summed E-state index contributed by atoms with van der Waals surface area (Å²) in [5, 5.41) is 2.25. The van der Waals surface area contributed by atoms with E-state index in [0.29, 0.717) is 40.4 Å². The third kappa shape index (κ3) is 4.80. The molecular formula is C23H23BrN2O5. The van der Waals surface area contributed by atoms with Crippen LogP contribution in [0.15, 0.2) is 40.4 Å². The first-order valence-electron chi connectivity index (χ1n) is 9.84. The summed E-state index contributed by atoms with van der Waals surface area (Å²) in [5.74, 6) is -0.425. The minimum Gasteiger partial charge on any atom is -0.493 e. The van der Waals surface area contributed by atoms with Gasteiger partial charge in [-0.2, -0.15) is 0 Å². The summed E-state index contributed by atoms with van der Waals surface area (Å²) in [6, 6.07) is 8.00. The van der Waals surface area contributed by atoms with Gasteiger partial charge in [0, 0.05) is 11.6 Å². The van der Waals surface area contributed by atoms with Crippen LogP contribution in [0.3, 0.4) is 0 Å². The molecular weight excluding hydrogens is 464 g/mol. The number of ether oxygens (including phenoxy) is 2. The van der Waals surface area contributed by atoms with Gasteiger partial charge < -0.3 is 9.47 Å². The minimum absolute atomic E-state index is 0.171. The van der Waals surface area contributed by atoms with Crippen molar-refractivity contribution in [3.63, 3.8) is 0 Å². The van der Waals surface area contributed by atoms with Gasteiger partial charge >= 0.3 is 6.03 Å². The van der Waals surface area contributed by atoms with Crippen molar-refractivity contribution in [3.8, 4) is 11.5 Å². The SMILES string of the molecule is CCOc1cc(OCC)c(/C=C2\C(=O)NC(=O)N(c3cc(C)cc(C)c3)C2=O)cc1Br. The second kappa shape index (κ2) is 9.34. The third-order valence-electron chi connectivity index (χ3n) is 4.53. The summed E-state index contributed by atoms with van der Waals surface area (Å²) in [7, 11) is 0. The Balaban J connectivity index is 2.08. The van der Waals surface area contributed by atoms with E-state index in [1.165, 1.54) is 6.08 Å². The van der Waals surface area contributed by atoms with Gasteiger partial charge in [0.25, 0.3) is 11.8 Å². The van der Waals surface area contributed by atoms with Gasteiger partial charge in [-0.15, -0.1) is 0 Å². The highest BCUT2D eigenvalue weighted by Gasteiger charge is 2.37. The number of urea groups is 1. The molecule has 0 aromatic heterocycles. The summed E-state index contributed by atoms with van der Waals surface area (Å²) < 4.78 is 11.9. The van der Waals surface area contributed by atoms with Crippen LogP contribution in [0, 0.1) is 13.8 Å². The number of halogens is 1. The second-order valence-corrected chi connectivity index (χ2v) is 7.84. The van der Waals surface area contributed by atoms with Gasteiger partial charge in [0.05, 0.1) is 23.4 Å².